The molecule has 114 valence electrons. The SMILES string of the molecule is CC(C)(CCNC(=O)C1(c2ccccc2F)CC1)C(=O)O. The number of aliphatic carboxylic acids is 1. The van der Waals surface area contributed by atoms with Crippen molar-refractivity contribution in [3.05, 3.63) is 35.6 Å². The molecule has 1 aromatic rings. The second-order valence-electron chi connectivity index (χ2n) is 6.26. The maximum absolute atomic E-state index is 13.8. The van der Waals surface area contributed by atoms with Gasteiger partial charge in [-0.05, 0) is 39.2 Å². The minimum atomic E-state index is -0.896. The second-order valence-corrected chi connectivity index (χ2v) is 6.26. The molecule has 1 aromatic carbocycles. The summed E-state index contributed by atoms with van der Waals surface area (Å²) in [6.45, 7) is 3.50. The molecule has 5 heteroatoms. The minimum absolute atomic E-state index is 0.214. The molecule has 0 unspecified atom stereocenters. The molecule has 1 saturated carbocycles. The van der Waals surface area contributed by atoms with Crippen LogP contribution in [0.25, 0.3) is 0 Å². The fraction of sp³-hybridized carbons (Fsp3) is 0.500. The van der Waals surface area contributed by atoms with E-state index in [1.54, 1.807) is 32.0 Å². The smallest absolute Gasteiger partial charge is 0.309 e. The second kappa shape index (κ2) is 5.47. The topological polar surface area (TPSA) is 66.4 Å². The molecule has 2 N–H and O–H groups in total. The van der Waals surface area contributed by atoms with Gasteiger partial charge in [-0.1, -0.05) is 18.2 Å². The average Bonchev–Trinajstić information content (AvgIpc) is 3.20. The van der Waals surface area contributed by atoms with Crippen LogP contribution in [0.3, 0.4) is 0 Å². The first-order valence-electron chi connectivity index (χ1n) is 7.06. The molecule has 1 amide bonds. The van der Waals surface area contributed by atoms with Gasteiger partial charge < -0.3 is 10.4 Å². The lowest BCUT2D eigenvalue weighted by Gasteiger charge is -2.21. The highest BCUT2D eigenvalue weighted by atomic mass is 19.1. The van der Waals surface area contributed by atoms with Gasteiger partial charge in [0.2, 0.25) is 5.91 Å². The van der Waals surface area contributed by atoms with E-state index in [2.05, 4.69) is 5.32 Å². The number of amides is 1. The highest BCUT2D eigenvalue weighted by Crippen LogP contribution is 2.49. The summed E-state index contributed by atoms with van der Waals surface area (Å²) < 4.78 is 13.8. The Kier molecular flexibility index (Phi) is 4.03. The number of hydrogen-bond acceptors (Lipinski definition) is 2. The zero-order valence-corrected chi connectivity index (χ0v) is 12.3. The number of carbonyl (C=O) groups excluding carboxylic acids is 1. The molecule has 0 radical (unpaired) electrons. The molecular formula is C16H20FNO3. The van der Waals surface area contributed by atoms with Crippen molar-refractivity contribution >= 4 is 11.9 Å². The van der Waals surface area contributed by atoms with Crippen molar-refractivity contribution < 1.29 is 19.1 Å². The van der Waals surface area contributed by atoms with Gasteiger partial charge in [0.25, 0.3) is 0 Å². The van der Waals surface area contributed by atoms with Crippen molar-refractivity contribution in [2.75, 3.05) is 6.54 Å². The summed E-state index contributed by atoms with van der Waals surface area (Å²) in [7, 11) is 0. The summed E-state index contributed by atoms with van der Waals surface area (Å²) in [6, 6.07) is 6.32. The van der Waals surface area contributed by atoms with Gasteiger partial charge in [0.1, 0.15) is 5.82 Å². The molecule has 0 aliphatic heterocycles. The van der Waals surface area contributed by atoms with Crippen molar-refractivity contribution in [2.45, 2.75) is 38.5 Å². The number of rotatable bonds is 6. The van der Waals surface area contributed by atoms with Crippen molar-refractivity contribution in [3.8, 4) is 0 Å². The number of carbonyl (C=O) groups is 2. The standard InChI is InChI=1S/C16H20FNO3/c1-15(2,14(20)21)9-10-18-13(19)16(7-8-16)11-5-3-4-6-12(11)17/h3-6H,7-10H2,1-2H3,(H,18,19)(H,20,21). The van der Waals surface area contributed by atoms with Crippen LogP contribution in [0.5, 0.6) is 0 Å². The lowest BCUT2D eigenvalue weighted by molar-refractivity contribution is -0.147. The normalized spacial score (nSPS) is 16.3. The number of carboxylic acids is 1. The summed E-state index contributed by atoms with van der Waals surface area (Å²) in [5.74, 6) is -1.48. The zero-order valence-electron chi connectivity index (χ0n) is 12.3. The van der Waals surface area contributed by atoms with Crippen LogP contribution in [0.4, 0.5) is 4.39 Å². The van der Waals surface area contributed by atoms with E-state index in [1.165, 1.54) is 6.07 Å². The summed E-state index contributed by atoms with van der Waals surface area (Å²) in [6.07, 6.45) is 1.59. The first-order chi connectivity index (χ1) is 9.79. The van der Waals surface area contributed by atoms with Gasteiger partial charge in [-0.3, -0.25) is 9.59 Å². The predicted molar refractivity (Wildman–Crippen MR) is 76.4 cm³/mol. The van der Waals surface area contributed by atoms with Crippen LogP contribution in [0.1, 0.15) is 38.7 Å². The van der Waals surface area contributed by atoms with Crippen molar-refractivity contribution in [1.82, 2.24) is 5.32 Å². The van der Waals surface area contributed by atoms with E-state index in [1.807, 2.05) is 0 Å². The van der Waals surface area contributed by atoms with Gasteiger partial charge in [0.15, 0.2) is 0 Å². The van der Waals surface area contributed by atoms with Crippen molar-refractivity contribution in [3.63, 3.8) is 0 Å². The number of halogens is 1. The van der Waals surface area contributed by atoms with Gasteiger partial charge in [-0.25, -0.2) is 4.39 Å². The molecule has 1 aliphatic rings. The highest BCUT2D eigenvalue weighted by Gasteiger charge is 2.52. The predicted octanol–water partition coefficient (Wildman–Crippen LogP) is 2.47. The van der Waals surface area contributed by atoms with E-state index < -0.39 is 16.8 Å². The Morgan fingerprint density at radius 1 is 1.33 bits per heavy atom. The van der Waals surface area contributed by atoms with Crippen LogP contribution >= 0.6 is 0 Å². The summed E-state index contributed by atoms with van der Waals surface area (Å²) in [5.41, 5.74) is -1.22. The number of hydrogen-bond donors (Lipinski definition) is 2. The molecule has 0 saturated heterocycles. The Morgan fingerprint density at radius 3 is 2.48 bits per heavy atom. The molecule has 0 spiro atoms. The third-order valence-electron chi connectivity index (χ3n) is 4.19. The van der Waals surface area contributed by atoms with E-state index in [4.69, 9.17) is 5.11 Å². The molecule has 21 heavy (non-hydrogen) atoms. The van der Waals surface area contributed by atoms with Gasteiger partial charge in [0.05, 0.1) is 10.8 Å². The zero-order chi connectivity index (χ0) is 15.7. The van der Waals surface area contributed by atoms with E-state index in [0.29, 0.717) is 24.8 Å². The summed E-state index contributed by atoms with van der Waals surface area (Å²) >= 11 is 0. The molecule has 1 fully saturated rings. The van der Waals surface area contributed by atoms with E-state index in [9.17, 15) is 14.0 Å². The van der Waals surface area contributed by atoms with Gasteiger partial charge in [-0.15, -0.1) is 0 Å². The fourth-order valence-electron chi connectivity index (χ4n) is 2.36. The van der Waals surface area contributed by atoms with Crippen LogP contribution in [0.2, 0.25) is 0 Å². The molecular weight excluding hydrogens is 273 g/mol. The lowest BCUT2D eigenvalue weighted by atomic mass is 9.89. The Morgan fingerprint density at radius 2 is 1.95 bits per heavy atom. The number of benzene rings is 1. The van der Waals surface area contributed by atoms with Crippen LogP contribution in [-0.2, 0) is 15.0 Å². The summed E-state index contributed by atoms with van der Waals surface area (Å²) in [5, 5.41) is 11.8. The van der Waals surface area contributed by atoms with Crippen molar-refractivity contribution in [2.24, 2.45) is 5.41 Å². The molecule has 2 rings (SSSR count). The Bertz CT molecular complexity index is 564. The van der Waals surface area contributed by atoms with Gasteiger partial charge in [-0.2, -0.15) is 0 Å². The third kappa shape index (κ3) is 3.06. The van der Waals surface area contributed by atoms with E-state index in [-0.39, 0.29) is 18.3 Å². The average molecular weight is 293 g/mol. The first-order valence-corrected chi connectivity index (χ1v) is 7.06. The van der Waals surface area contributed by atoms with Gasteiger partial charge in [0, 0.05) is 12.1 Å². The van der Waals surface area contributed by atoms with Crippen LogP contribution in [-0.4, -0.2) is 23.5 Å². The van der Waals surface area contributed by atoms with Crippen LogP contribution in [0.15, 0.2) is 24.3 Å². The summed E-state index contributed by atoms with van der Waals surface area (Å²) in [4.78, 5) is 23.3. The largest absolute Gasteiger partial charge is 0.481 e. The van der Waals surface area contributed by atoms with Crippen molar-refractivity contribution in [1.29, 1.82) is 0 Å². The maximum atomic E-state index is 13.8. The molecule has 0 heterocycles. The molecule has 4 nitrogen and oxygen atoms in total. The Labute approximate surface area is 123 Å². The van der Waals surface area contributed by atoms with Crippen LogP contribution in [0, 0.1) is 11.2 Å². The third-order valence-corrected chi connectivity index (χ3v) is 4.19. The fourth-order valence-corrected chi connectivity index (χ4v) is 2.36. The molecule has 0 bridgehead atoms. The Balaban J connectivity index is 1.99. The Hall–Kier alpha value is -1.91. The number of carboxylic acid groups (broad SMARTS) is 1. The monoisotopic (exact) mass is 293 g/mol. The van der Waals surface area contributed by atoms with E-state index in [0.717, 1.165) is 0 Å². The number of nitrogens with one attached hydrogen (secondary N) is 1. The minimum Gasteiger partial charge on any atom is -0.481 e. The maximum Gasteiger partial charge on any atom is 0.309 e. The first kappa shape index (κ1) is 15.5. The molecule has 1 aliphatic carbocycles. The quantitative estimate of drug-likeness (QED) is 0.846. The van der Waals surface area contributed by atoms with Crippen LogP contribution < -0.4 is 5.32 Å². The molecule has 0 aromatic heterocycles. The van der Waals surface area contributed by atoms with Gasteiger partial charge >= 0.3 is 5.97 Å². The van der Waals surface area contributed by atoms with E-state index >= 15 is 0 Å². The highest BCUT2D eigenvalue weighted by molar-refractivity contribution is 5.91. The lowest BCUT2D eigenvalue weighted by Crippen LogP contribution is -2.38. The molecule has 0 atom stereocenters.